The molecule has 0 aliphatic carbocycles. The molecule has 0 atom stereocenters. The van der Waals surface area contributed by atoms with E-state index in [1.54, 1.807) is 6.07 Å². The molecule has 1 saturated heterocycles. The number of pyridine rings is 1. The van der Waals surface area contributed by atoms with Gasteiger partial charge in [-0.25, -0.2) is 28.7 Å². The van der Waals surface area contributed by atoms with Crippen molar-refractivity contribution < 1.29 is 26.7 Å². The zero-order chi connectivity index (χ0) is 27.7. The van der Waals surface area contributed by atoms with E-state index in [2.05, 4.69) is 24.9 Å². The number of rotatable bonds is 4. The predicted molar refractivity (Wildman–Crippen MR) is 131 cm³/mol. The van der Waals surface area contributed by atoms with Crippen molar-refractivity contribution in [2.45, 2.75) is 6.18 Å². The molecule has 1 fully saturated rings. The lowest BCUT2D eigenvalue weighted by Crippen LogP contribution is -2.49. The van der Waals surface area contributed by atoms with Crippen LogP contribution >= 0.6 is 11.6 Å². The number of amides is 1. The number of carbonyl (C=O) groups excluding carboxylic acids is 1. The van der Waals surface area contributed by atoms with Crippen LogP contribution in [0.15, 0.2) is 55.2 Å². The van der Waals surface area contributed by atoms with Crippen molar-refractivity contribution in [1.29, 1.82) is 0 Å². The number of hydrogen-bond donors (Lipinski definition) is 0. The van der Waals surface area contributed by atoms with Crippen LogP contribution in [0.4, 0.5) is 27.8 Å². The van der Waals surface area contributed by atoms with Crippen molar-refractivity contribution in [3.05, 3.63) is 83.3 Å². The van der Waals surface area contributed by atoms with Gasteiger partial charge in [0.05, 0.1) is 22.5 Å². The van der Waals surface area contributed by atoms with Crippen LogP contribution in [-0.2, 0) is 6.18 Å². The average molecular weight is 562 g/mol. The van der Waals surface area contributed by atoms with Crippen molar-refractivity contribution in [3.63, 3.8) is 0 Å². The van der Waals surface area contributed by atoms with Crippen molar-refractivity contribution in [2.24, 2.45) is 0 Å². The van der Waals surface area contributed by atoms with Gasteiger partial charge in [-0.2, -0.15) is 13.2 Å². The number of carbonyl (C=O) groups is 1. The van der Waals surface area contributed by atoms with Crippen LogP contribution in [0, 0.1) is 11.6 Å². The second kappa shape index (κ2) is 10.5. The number of hydrogen-bond acceptors (Lipinski definition) is 7. The molecule has 0 unspecified atom stereocenters. The highest BCUT2D eigenvalue weighted by Gasteiger charge is 2.35. The molecule has 1 aliphatic heterocycles. The maximum Gasteiger partial charge on any atom is 0.451 e. The Labute approximate surface area is 223 Å². The van der Waals surface area contributed by atoms with Gasteiger partial charge < -0.3 is 9.80 Å². The molecule has 4 aromatic rings. The van der Waals surface area contributed by atoms with E-state index in [0.717, 1.165) is 24.5 Å². The van der Waals surface area contributed by atoms with Gasteiger partial charge in [-0.3, -0.25) is 9.78 Å². The molecule has 1 aromatic carbocycles. The third kappa shape index (κ3) is 5.48. The smallest absolute Gasteiger partial charge is 0.352 e. The minimum absolute atomic E-state index is 0.0347. The fourth-order valence-electron chi connectivity index (χ4n) is 4.07. The highest BCUT2D eigenvalue weighted by Crippen LogP contribution is 2.35. The van der Waals surface area contributed by atoms with Gasteiger partial charge in [0.2, 0.25) is 5.82 Å². The molecule has 1 amide bonds. The van der Waals surface area contributed by atoms with E-state index >= 15 is 0 Å². The number of piperazine rings is 1. The number of nitrogens with zero attached hydrogens (tertiary/aromatic N) is 7. The first kappa shape index (κ1) is 26.4. The minimum Gasteiger partial charge on any atom is -0.352 e. The van der Waals surface area contributed by atoms with E-state index in [1.807, 2.05) is 4.90 Å². The van der Waals surface area contributed by atoms with Crippen LogP contribution < -0.4 is 4.90 Å². The first-order valence-corrected chi connectivity index (χ1v) is 11.9. The fraction of sp³-hybridized carbons (Fsp3) is 0.200. The van der Waals surface area contributed by atoms with E-state index in [0.29, 0.717) is 24.5 Å². The van der Waals surface area contributed by atoms with E-state index in [-0.39, 0.29) is 40.6 Å². The summed E-state index contributed by atoms with van der Waals surface area (Å²) in [5, 5.41) is 0.252. The standard InChI is InChI=1S/C25H17ClF5N7O/c26-18-12-32-4-3-16(18)22-21(17-2-1-15(27)9-19(17)28)33-13-20(36-22)37-5-7-38(8-6-37)23(39)14-10-34-24(35-11-14)25(29,30)31/h1-4,9-13H,5-8H2. The van der Waals surface area contributed by atoms with Gasteiger partial charge >= 0.3 is 6.18 Å². The summed E-state index contributed by atoms with van der Waals surface area (Å²) in [6.45, 7) is 1.13. The first-order valence-electron chi connectivity index (χ1n) is 11.5. The number of aromatic nitrogens is 5. The molecule has 4 heterocycles. The zero-order valence-corrected chi connectivity index (χ0v) is 20.6. The molecular formula is C25H17ClF5N7O. The first-order chi connectivity index (χ1) is 18.6. The SMILES string of the molecule is O=C(c1cnc(C(F)(F)F)nc1)N1CCN(c2cnc(-c3ccc(F)cc3F)c(-c3ccncc3Cl)n2)CC1. The molecule has 0 N–H and O–H groups in total. The van der Waals surface area contributed by atoms with Gasteiger partial charge in [0.25, 0.3) is 5.91 Å². The molecule has 1 aliphatic rings. The molecule has 0 bridgehead atoms. The van der Waals surface area contributed by atoms with E-state index < -0.39 is 29.5 Å². The zero-order valence-electron chi connectivity index (χ0n) is 19.8. The lowest BCUT2D eigenvalue weighted by molar-refractivity contribution is -0.145. The largest absolute Gasteiger partial charge is 0.451 e. The lowest BCUT2D eigenvalue weighted by Gasteiger charge is -2.35. The molecule has 3 aromatic heterocycles. The summed E-state index contributed by atoms with van der Waals surface area (Å²) < 4.78 is 66.3. The molecule has 39 heavy (non-hydrogen) atoms. The Bertz CT molecular complexity index is 1530. The van der Waals surface area contributed by atoms with E-state index in [1.165, 1.54) is 29.6 Å². The maximum absolute atomic E-state index is 14.7. The summed E-state index contributed by atoms with van der Waals surface area (Å²) in [5.41, 5.74) is 0.825. The summed E-state index contributed by atoms with van der Waals surface area (Å²) in [4.78, 5) is 35.7. The summed E-state index contributed by atoms with van der Waals surface area (Å²) in [7, 11) is 0. The molecule has 0 spiro atoms. The molecule has 8 nitrogen and oxygen atoms in total. The average Bonchev–Trinajstić information content (AvgIpc) is 2.92. The summed E-state index contributed by atoms with van der Waals surface area (Å²) in [5.74, 6) is -2.95. The van der Waals surface area contributed by atoms with Crippen LogP contribution in [0.5, 0.6) is 0 Å². The van der Waals surface area contributed by atoms with Gasteiger partial charge in [-0.05, 0) is 18.2 Å². The topological polar surface area (TPSA) is 88.0 Å². The Hall–Kier alpha value is -4.26. The Morgan fingerprint density at radius 1 is 0.872 bits per heavy atom. The Morgan fingerprint density at radius 3 is 2.23 bits per heavy atom. The number of alkyl halides is 3. The number of anilines is 1. The maximum atomic E-state index is 14.7. The van der Waals surface area contributed by atoms with Crippen molar-refractivity contribution in [3.8, 4) is 22.5 Å². The predicted octanol–water partition coefficient (Wildman–Crippen LogP) is 4.91. The van der Waals surface area contributed by atoms with Gasteiger partial charge in [-0.15, -0.1) is 0 Å². The second-order valence-corrected chi connectivity index (χ2v) is 8.88. The Morgan fingerprint density at radius 2 is 1.59 bits per heavy atom. The fourth-order valence-corrected chi connectivity index (χ4v) is 4.28. The van der Waals surface area contributed by atoms with Gasteiger partial charge in [0, 0.05) is 68.2 Å². The highest BCUT2D eigenvalue weighted by atomic mass is 35.5. The van der Waals surface area contributed by atoms with Crippen molar-refractivity contribution in [1.82, 2.24) is 29.8 Å². The van der Waals surface area contributed by atoms with Gasteiger partial charge in [0.15, 0.2) is 0 Å². The van der Waals surface area contributed by atoms with Crippen LogP contribution in [0.25, 0.3) is 22.5 Å². The molecule has 5 rings (SSSR count). The van der Waals surface area contributed by atoms with Gasteiger partial charge in [0.1, 0.15) is 23.1 Å². The van der Waals surface area contributed by atoms with Crippen LogP contribution in [0.1, 0.15) is 16.2 Å². The summed E-state index contributed by atoms with van der Waals surface area (Å²) in [6, 6.07) is 4.73. The third-order valence-electron chi connectivity index (χ3n) is 6.02. The summed E-state index contributed by atoms with van der Waals surface area (Å²) >= 11 is 6.35. The molecule has 14 heteroatoms. The third-order valence-corrected chi connectivity index (χ3v) is 6.32. The van der Waals surface area contributed by atoms with Gasteiger partial charge in [-0.1, -0.05) is 11.6 Å². The highest BCUT2D eigenvalue weighted by molar-refractivity contribution is 6.33. The molecule has 0 saturated carbocycles. The van der Waals surface area contributed by atoms with E-state index in [4.69, 9.17) is 11.6 Å². The monoisotopic (exact) mass is 561 g/mol. The van der Waals surface area contributed by atoms with Crippen LogP contribution in [-0.4, -0.2) is 61.9 Å². The van der Waals surface area contributed by atoms with Crippen LogP contribution in [0.2, 0.25) is 5.02 Å². The Kier molecular flexibility index (Phi) is 7.08. The van der Waals surface area contributed by atoms with E-state index in [9.17, 15) is 26.7 Å². The quantitative estimate of drug-likeness (QED) is 0.327. The van der Waals surface area contributed by atoms with Crippen LogP contribution in [0.3, 0.4) is 0 Å². The summed E-state index contributed by atoms with van der Waals surface area (Å²) in [6.07, 6.45) is 1.35. The van der Waals surface area contributed by atoms with Crippen molar-refractivity contribution in [2.75, 3.05) is 31.1 Å². The Balaban J connectivity index is 1.39. The minimum atomic E-state index is -4.70. The molecule has 200 valence electrons. The second-order valence-electron chi connectivity index (χ2n) is 8.48. The van der Waals surface area contributed by atoms with Crippen molar-refractivity contribution >= 4 is 23.3 Å². The number of benzene rings is 1. The molecular weight excluding hydrogens is 545 g/mol. The number of halogens is 6. The normalized spacial score (nSPS) is 14.0. The lowest BCUT2D eigenvalue weighted by atomic mass is 10.0. The molecule has 0 radical (unpaired) electrons.